The molecule has 4 rings (SSSR count). The lowest BCUT2D eigenvalue weighted by molar-refractivity contribution is -0.384. The number of aryl methyl sites for hydroxylation is 1. The lowest BCUT2D eigenvalue weighted by Crippen LogP contribution is -2.48. The van der Waals surface area contributed by atoms with Crippen LogP contribution < -0.4 is 0 Å². The SMILES string of the molecule is Cc1ccc(-c2nc(CN3CCN(C(=O)c4ccc([N+](=O)[O-])cc4)CC3)no2)cc1. The van der Waals surface area contributed by atoms with Crippen molar-refractivity contribution in [2.45, 2.75) is 13.5 Å². The van der Waals surface area contributed by atoms with Gasteiger partial charge in [-0.3, -0.25) is 19.8 Å². The fourth-order valence-corrected chi connectivity index (χ4v) is 3.35. The van der Waals surface area contributed by atoms with Crippen LogP contribution in [0.3, 0.4) is 0 Å². The van der Waals surface area contributed by atoms with Crippen molar-refractivity contribution in [3.63, 3.8) is 0 Å². The molecule has 1 amide bonds. The zero-order valence-corrected chi connectivity index (χ0v) is 16.5. The van der Waals surface area contributed by atoms with Gasteiger partial charge in [0.05, 0.1) is 11.5 Å². The second-order valence-electron chi connectivity index (χ2n) is 7.25. The highest BCUT2D eigenvalue weighted by Crippen LogP contribution is 2.19. The van der Waals surface area contributed by atoms with Gasteiger partial charge in [-0.05, 0) is 31.2 Å². The number of non-ortho nitro benzene ring substituents is 1. The first-order chi connectivity index (χ1) is 14.5. The van der Waals surface area contributed by atoms with Crippen molar-refractivity contribution in [1.29, 1.82) is 0 Å². The minimum Gasteiger partial charge on any atom is -0.336 e. The molecule has 30 heavy (non-hydrogen) atoms. The Morgan fingerprint density at radius 1 is 1.07 bits per heavy atom. The Labute approximate surface area is 173 Å². The number of carbonyl (C=O) groups excluding carboxylic acids is 1. The van der Waals surface area contributed by atoms with E-state index in [-0.39, 0.29) is 11.6 Å². The molecule has 0 atom stereocenters. The van der Waals surface area contributed by atoms with Crippen LogP contribution in [0.4, 0.5) is 5.69 Å². The summed E-state index contributed by atoms with van der Waals surface area (Å²) in [5.74, 6) is 0.989. The first-order valence-corrected chi connectivity index (χ1v) is 9.65. The molecular formula is C21H21N5O4. The van der Waals surface area contributed by atoms with Crippen molar-refractivity contribution in [3.8, 4) is 11.5 Å². The molecule has 0 spiro atoms. The molecule has 2 heterocycles. The third-order valence-corrected chi connectivity index (χ3v) is 5.12. The van der Waals surface area contributed by atoms with Gasteiger partial charge in [0, 0.05) is 49.4 Å². The summed E-state index contributed by atoms with van der Waals surface area (Å²) in [6.45, 7) is 5.08. The third-order valence-electron chi connectivity index (χ3n) is 5.12. The maximum atomic E-state index is 12.6. The van der Waals surface area contributed by atoms with Crippen molar-refractivity contribution in [2.24, 2.45) is 0 Å². The predicted molar refractivity (Wildman–Crippen MR) is 109 cm³/mol. The van der Waals surface area contributed by atoms with Crippen LogP contribution in [0.15, 0.2) is 53.1 Å². The molecule has 0 aliphatic carbocycles. The van der Waals surface area contributed by atoms with Crippen LogP contribution >= 0.6 is 0 Å². The van der Waals surface area contributed by atoms with E-state index < -0.39 is 4.92 Å². The van der Waals surface area contributed by atoms with E-state index in [1.54, 1.807) is 4.90 Å². The number of piperazine rings is 1. The number of nitro benzene ring substituents is 1. The standard InChI is InChI=1S/C21H21N5O4/c1-15-2-4-16(5-3-15)20-22-19(23-30-20)14-24-10-12-25(13-11-24)21(27)17-6-8-18(9-7-17)26(28)29/h2-9H,10-14H2,1H3. The van der Waals surface area contributed by atoms with E-state index in [0.717, 1.165) is 5.56 Å². The lowest BCUT2D eigenvalue weighted by Gasteiger charge is -2.34. The van der Waals surface area contributed by atoms with Crippen LogP contribution in [0.5, 0.6) is 0 Å². The molecule has 1 aliphatic rings. The summed E-state index contributed by atoms with van der Waals surface area (Å²) in [5.41, 5.74) is 2.48. The summed E-state index contributed by atoms with van der Waals surface area (Å²) in [6.07, 6.45) is 0. The largest absolute Gasteiger partial charge is 0.336 e. The van der Waals surface area contributed by atoms with E-state index in [9.17, 15) is 14.9 Å². The first-order valence-electron chi connectivity index (χ1n) is 9.65. The highest BCUT2D eigenvalue weighted by molar-refractivity contribution is 5.94. The van der Waals surface area contributed by atoms with E-state index in [1.165, 1.54) is 29.8 Å². The van der Waals surface area contributed by atoms with Crippen molar-refractivity contribution < 1.29 is 14.2 Å². The van der Waals surface area contributed by atoms with Gasteiger partial charge in [0.15, 0.2) is 5.82 Å². The lowest BCUT2D eigenvalue weighted by atomic mass is 10.1. The number of nitro groups is 1. The first kappa shape index (κ1) is 19.7. The Balaban J connectivity index is 1.32. The Morgan fingerprint density at radius 3 is 2.37 bits per heavy atom. The summed E-state index contributed by atoms with van der Waals surface area (Å²) in [4.78, 5) is 31.3. The minimum atomic E-state index is -0.477. The molecular weight excluding hydrogens is 386 g/mol. The van der Waals surface area contributed by atoms with Crippen LogP contribution in [-0.2, 0) is 6.54 Å². The quantitative estimate of drug-likeness (QED) is 0.473. The number of nitrogens with zero attached hydrogens (tertiary/aromatic N) is 5. The molecule has 0 unspecified atom stereocenters. The molecule has 3 aromatic rings. The molecule has 1 aromatic heterocycles. The average Bonchev–Trinajstić information content (AvgIpc) is 3.23. The van der Waals surface area contributed by atoms with Gasteiger partial charge in [0.2, 0.25) is 0 Å². The molecule has 2 aromatic carbocycles. The maximum absolute atomic E-state index is 12.6. The summed E-state index contributed by atoms with van der Waals surface area (Å²) in [7, 11) is 0. The van der Waals surface area contributed by atoms with Crippen LogP contribution in [0.1, 0.15) is 21.7 Å². The monoisotopic (exact) mass is 407 g/mol. The van der Waals surface area contributed by atoms with Gasteiger partial charge in [-0.15, -0.1) is 0 Å². The normalized spacial score (nSPS) is 14.6. The fourth-order valence-electron chi connectivity index (χ4n) is 3.35. The highest BCUT2D eigenvalue weighted by atomic mass is 16.6. The fraction of sp³-hybridized carbons (Fsp3) is 0.286. The summed E-state index contributed by atoms with van der Waals surface area (Å²) >= 11 is 0. The number of amides is 1. The second-order valence-corrected chi connectivity index (χ2v) is 7.25. The molecule has 0 bridgehead atoms. The summed E-state index contributed by atoms with van der Waals surface area (Å²) in [5, 5.41) is 14.8. The number of carbonyl (C=O) groups is 1. The average molecular weight is 407 g/mol. The smallest absolute Gasteiger partial charge is 0.269 e. The topological polar surface area (TPSA) is 106 Å². The predicted octanol–water partition coefficient (Wildman–Crippen LogP) is 2.91. The Hall–Kier alpha value is -3.59. The van der Waals surface area contributed by atoms with E-state index in [4.69, 9.17) is 4.52 Å². The Kier molecular flexibility index (Phi) is 5.53. The van der Waals surface area contributed by atoms with E-state index >= 15 is 0 Å². The molecule has 0 radical (unpaired) electrons. The Morgan fingerprint density at radius 2 is 1.73 bits per heavy atom. The van der Waals surface area contributed by atoms with Gasteiger partial charge in [-0.25, -0.2) is 0 Å². The van der Waals surface area contributed by atoms with Gasteiger partial charge in [0.1, 0.15) is 0 Å². The molecule has 1 aliphatic heterocycles. The molecule has 0 saturated carbocycles. The number of hydrogen-bond acceptors (Lipinski definition) is 7. The van der Waals surface area contributed by atoms with Gasteiger partial charge >= 0.3 is 0 Å². The van der Waals surface area contributed by atoms with Crippen LogP contribution in [-0.4, -0.2) is 56.9 Å². The second kappa shape index (κ2) is 8.42. The van der Waals surface area contributed by atoms with Gasteiger partial charge in [-0.2, -0.15) is 4.98 Å². The van der Waals surface area contributed by atoms with E-state index in [1.807, 2.05) is 31.2 Å². The van der Waals surface area contributed by atoms with Crippen molar-refractivity contribution >= 4 is 11.6 Å². The number of rotatable bonds is 5. The number of aromatic nitrogens is 2. The number of benzene rings is 2. The van der Waals surface area contributed by atoms with E-state index in [0.29, 0.717) is 50.0 Å². The molecule has 1 saturated heterocycles. The Bertz CT molecular complexity index is 1040. The molecule has 9 heteroatoms. The summed E-state index contributed by atoms with van der Waals surface area (Å²) in [6, 6.07) is 13.6. The van der Waals surface area contributed by atoms with Crippen LogP contribution in [0.25, 0.3) is 11.5 Å². The minimum absolute atomic E-state index is 0.0264. The third kappa shape index (κ3) is 4.36. The van der Waals surface area contributed by atoms with Crippen LogP contribution in [0, 0.1) is 17.0 Å². The van der Waals surface area contributed by atoms with Gasteiger partial charge < -0.3 is 9.42 Å². The molecule has 154 valence electrons. The van der Waals surface area contributed by atoms with Crippen molar-refractivity contribution in [1.82, 2.24) is 19.9 Å². The maximum Gasteiger partial charge on any atom is 0.269 e. The summed E-state index contributed by atoms with van der Waals surface area (Å²) < 4.78 is 5.38. The van der Waals surface area contributed by atoms with Crippen LogP contribution in [0.2, 0.25) is 0 Å². The zero-order valence-electron chi connectivity index (χ0n) is 16.5. The van der Waals surface area contributed by atoms with Gasteiger partial charge in [0.25, 0.3) is 17.5 Å². The van der Waals surface area contributed by atoms with Crippen molar-refractivity contribution in [2.75, 3.05) is 26.2 Å². The number of hydrogen-bond donors (Lipinski definition) is 0. The molecule has 9 nitrogen and oxygen atoms in total. The molecule has 1 fully saturated rings. The molecule has 0 N–H and O–H groups in total. The van der Waals surface area contributed by atoms with Crippen molar-refractivity contribution in [3.05, 3.63) is 75.6 Å². The zero-order chi connectivity index (χ0) is 21.1. The van der Waals surface area contributed by atoms with Gasteiger partial charge in [-0.1, -0.05) is 22.9 Å². The van der Waals surface area contributed by atoms with E-state index in [2.05, 4.69) is 15.0 Å². The highest BCUT2D eigenvalue weighted by Gasteiger charge is 2.23.